The van der Waals surface area contributed by atoms with Crippen molar-refractivity contribution in [2.45, 2.75) is 0 Å². The molecule has 0 spiro atoms. The van der Waals surface area contributed by atoms with E-state index in [1.165, 1.54) is 37.4 Å². The van der Waals surface area contributed by atoms with Crippen molar-refractivity contribution in [2.75, 3.05) is 12.4 Å². The lowest BCUT2D eigenvalue weighted by atomic mass is 10.2. The summed E-state index contributed by atoms with van der Waals surface area (Å²) >= 11 is 5.65. The minimum atomic E-state index is -0.497. The fourth-order valence-electron chi connectivity index (χ4n) is 1.48. The highest BCUT2D eigenvalue weighted by Gasteiger charge is 2.05. The van der Waals surface area contributed by atoms with E-state index < -0.39 is 11.6 Å². The highest BCUT2D eigenvalue weighted by molar-refractivity contribution is 6.31. The second-order valence-electron chi connectivity index (χ2n) is 3.60. The molecule has 1 N–H and O–H groups in total. The average Bonchev–Trinajstić information content (AvgIpc) is 2.34. The molecule has 0 radical (unpaired) electrons. The van der Waals surface area contributed by atoms with Gasteiger partial charge in [0.15, 0.2) is 11.6 Å². The van der Waals surface area contributed by atoms with Gasteiger partial charge in [-0.3, -0.25) is 0 Å². The zero-order valence-electron chi connectivity index (χ0n) is 9.51. The summed E-state index contributed by atoms with van der Waals surface area (Å²) in [5.74, 6) is -0.809. The summed E-state index contributed by atoms with van der Waals surface area (Å²) < 4.78 is 31.2. The van der Waals surface area contributed by atoms with Crippen LogP contribution in [0.1, 0.15) is 0 Å². The fraction of sp³-hybridized carbons (Fsp3) is 0.0769. The van der Waals surface area contributed by atoms with E-state index in [9.17, 15) is 8.78 Å². The Morgan fingerprint density at radius 1 is 1.00 bits per heavy atom. The third kappa shape index (κ3) is 2.71. The topological polar surface area (TPSA) is 21.3 Å². The van der Waals surface area contributed by atoms with Crippen molar-refractivity contribution in [3.8, 4) is 5.75 Å². The standard InChI is InChI=1S/C13H10ClF2NO/c1-18-13-5-3-9(7-12(13)16)17-8-2-4-11(15)10(14)6-8/h2-7,17H,1H3. The Kier molecular flexibility index (Phi) is 3.67. The van der Waals surface area contributed by atoms with Gasteiger partial charge in [0, 0.05) is 17.4 Å². The summed E-state index contributed by atoms with van der Waals surface area (Å²) in [7, 11) is 1.39. The maximum absolute atomic E-state index is 13.4. The molecule has 0 fully saturated rings. The van der Waals surface area contributed by atoms with E-state index in [0.717, 1.165) is 0 Å². The number of ether oxygens (including phenoxy) is 1. The predicted molar refractivity (Wildman–Crippen MR) is 67.6 cm³/mol. The van der Waals surface area contributed by atoms with E-state index in [2.05, 4.69) is 5.32 Å². The van der Waals surface area contributed by atoms with Crippen LogP contribution in [0, 0.1) is 11.6 Å². The van der Waals surface area contributed by atoms with Gasteiger partial charge in [-0.1, -0.05) is 11.6 Å². The largest absolute Gasteiger partial charge is 0.494 e. The van der Waals surface area contributed by atoms with Crippen LogP contribution in [0.25, 0.3) is 0 Å². The Hall–Kier alpha value is -1.81. The van der Waals surface area contributed by atoms with Crippen LogP contribution in [0.3, 0.4) is 0 Å². The SMILES string of the molecule is COc1ccc(Nc2ccc(F)c(Cl)c2)cc1F. The molecule has 2 rings (SSSR count). The molecular weight excluding hydrogens is 260 g/mol. The van der Waals surface area contributed by atoms with E-state index >= 15 is 0 Å². The van der Waals surface area contributed by atoms with Gasteiger partial charge in [0.2, 0.25) is 0 Å². The summed E-state index contributed by atoms with van der Waals surface area (Å²) in [5, 5.41) is 2.93. The van der Waals surface area contributed by atoms with Crippen molar-refractivity contribution in [3.63, 3.8) is 0 Å². The molecule has 0 saturated heterocycles. The van der Waals surface area contributed by atoms with Crippen molar-refractivity contribution in [1.82, 2.24) is 0 Å². The molecule has 0 atom stereocenters. The van der Waals surface area contributed by atoms with Gasteiger partial charge in [0.1, 0.15) is 5.82 Å². The third-order valence-corrected chi connectivity index (χ3v) is 2.65. The van der Waals surface area contributed by atoms with Gasteiger partial charge in [-0.05, 0) is 30.3 Å². The summed E-state index contributed by atoms with van der Waals surface area (Å²) in [6.45, 7) is 0. The molecule has 0 unspecified atom stereocenters. The first kappa shape index (κ1) is 12.6. The number of hydrogen-bond donors (Lipinski definition) is 1. The first-order valence-electron chi connectivity index (χ1n) is 5.16. The van der Waals surface area contributed by atoms with Crippen LogP contribution in [0.4, 0.5) is 20.2 Å². The van der Waals surface area contributed by atoms with E-state index in [1.807, 2.05) is 0 Å². The van der Waals surface area contributed by atoms with Crippen LogP contribution in [0.5, 0.6) is 5.75 Å². The number of benzene rings is 2. The Bertz CT molecular complexity index is 575. The fourth-order valence-corrected chi connectivity index (χ4v) is 1.67. The van der Waals surface area contributed by atoms with Gasteiger partial charge in [0.05, 0.1) is 12.1 Å². The maximum Gasteiger partial charge on any atom is 0.167 e. The summed E-state index contributed by atoms with van der Waals surface area (Å²) in [4.78, 5) is 0. The lowest BCUT2D eigenvalue weighted by Gasteiger charge is -2.08. The number of hydrogen-bond acceptors (Lipinski definition) is 2. The van der Waals surface area contributed by atoms with Crippen LogP contribution >= 0.6 is 11.6 Å². The first-order valence-corrected chi connectivity index (χ1v) is 5.53. The van der Waals surface area contributed by atoms with Crippen molar-refractivity contribution >= 4 is 23.0 Å². The molecule has 0 bridgehead atoms. The van der Waals surface area contributed by atoms with Crippen molar-refractivity contribution in [2.24, 2.45) is 0 Å². The quantitative estimate of drug-likeness (QED) is 0.893. The highest BCUT2D eigenvalue weighted by atomic mass is 35.5. The minimum absolute atomic E-state index is 0.00832. The molecule has 0 aromatic heterocycles. The third-order valence-electron chi connectivity index (χ3n) is 2.36. The predicted octanol–water partition coefficient (Wildman–Crippen LogP) is 4.37. The molecule has 2 aromatic carbocycles. The summed E-state index contributed by atoms with van der Waals surface area (Å²) in [6.07, 6.45) is 0. The second-order valence-corrected chi connectivity index (χ2v) is 4.01. The zero-order valence-corrected chi connectivity index (χ0v) is 10.3. The molecule has 2 nitrogen and oxygen atoms in total. The molecule has 94 valence electrons. The zero-order chi connectivity index (χ0) is 13.1. The Balaban J connectivity index is 2.23. The van der Waals surface area contributed by atoms with E-state index in [-0.39, 0.29) is 10.8 Å². The number of nitrogens with one attached hydrogen (secondary N) is 1. The van der Waals surface area contributed by atoms with Crippen LogP contribution in [0.15, 0.2) is 36.4 Å². The lowest BCUT2D eigenvalue weighted by Crippen LogP contribution is -1.93. The number of rotatable bonds is 3. The number of methoxy groups -OCH3 is 1. The Labute approximate surface area is 108 Å². The van der Waals surface area contributed by atoms with E-state index in [1.54, 1.807) is 6.07 Å². The van der Waals surface area contributed by atoms with Crippen LogP contribution in [-0.4, -0.2) is 7.11 Å². The van der Waals surface area contributed by atoms with Gasteiger partial charge in [0.25, 0.3) is 0 Å². The van der Waals surface area contributed by atoms with Crippen molar-refractivity contribution in [1.29, 1.82) is 0 Å². The second kappa shape index (κ2) is 5.23. The maximum atomic E-state index is 13.4. The van der Waals surface area contributed by atoms with Crippen molar-refractivity contribution < 1.29 is 13.5 Å². The monoisotopic (exact) mass is 269 g/mol. The van der Waals surface area contributed by atoms with Crippen LogP contribution in [-0.2, 0) is 0 Å². The molecule has 2 aromatic rings. The lowest BCUT2D eigenvalue weighted by molar-refractivity contribution is 0.386. The highest BCUT2D eigenvalue weighted by Crippen LogP contribution is 2.25. The van der Waals surface area contributed by atoms with Crippen molar-refractivity contribution in [3.05, 3.63) is 53.1 Å². The van der Waals surface area contributed by atoms with Crippen LogP contribution in [0.2, 0.25) is 5.02 Å². The van der Waals surface area contributed by atoms with Crippen LogP contribution < -0.4 is 10.1 Å². The average molecular weight is 270 g/mol. The molecule has 0 aliphatic rings. The smallest absolute Gasteiger partial charge is 0.167 e. The van der Waals surface area contributed by atoms with Gasteiger partial charge in [-0.25, -0.2) is 8.78 Å². The molecule has 0 aliphatic heterocycles. The molecular formula is C13H10ClF2NO. The molecule has 0 aliphatic carbocycles. The molecule has 0 saturated carbocycles. The normalized spacial score (nSPS) is 10.2. The van der Waals surface area contributed by atoms with Gasteiger partial charge in [-0.2, -0.15) is 0 Å². The van der Waals surface area contributed by atoms with Gasteiger partial charge >= 0.3 is 0 Å². The molecule has 18 heavy (non-hydrogen) atoms. The Morgan fingerprint density at radius 3 is 2.28 bits per heavy atom. The van der Waals surface area contributed by atoms with E-state index in [4.69, 9.17) is 16.3 Å². The minimum Gasteiger partial charge on any atom is -0.494 e. The van der Waals surface area contributed by atoms with Gasteiger partial charge in [-0.15, -0.1) is 0 Å². The Morgan fingerprint density at radius 2 is 1.67 bits per heavy atom. The molecule has 0 heterocycles. The molecule has 0 amide bonds. The van der Waals surface area contributed by atoms with E-state index in [0.29, 0.717) is 11.4 Å². The summed E-state index contributed by atoms with van der Waals surface area (Å²) in [5.41, 5.74) is 1.10. The summed E-state index contributed by atoms with van der Waals surface area (Å²) in [6, 6.07) is 8.63. The molecule has 5 heteroatoms. The number of halogens is 3. The van der Waals surface area contributed by atoms with Gasteiger partial charge < -0.3 is 10.1 Å². The first-order chi connectivity index (χ1) is 8.60. The number of anilines is 2.